The van der Waals surface area contributed by atoms with Gasteiger partial charge in [0.05, 0.1) is 0 Å². The SMILES string of the molecule is C#COC[CH2-].[Li+]. The van der Waals surface area contributed by atoms with Crippen LogP contribution >= 0.6 is 0 Å². The maximum absolute atomic E-state index is 4.63. The van der Waals surface area contributed by atoms with Crippen molar-refractivity contribution >= 4 is 0 Å². The molecule has 0 spiro atoms. The van der Waals surface area contributed by atoms with Crippen molar-refractivity contribution in [2.45, 2.75) is 0 Å². The molecule has 6 heavy (non-hydrogen) atoms. The van der Waals surface area contributed by atoms with Gasteiger partial charge >= 0.3 is 18.9 Å². The van der Waals surface area contributed by atoms with Crippen LogP contribution in [0.1, 0.15) is 0 Å². The second-order valence-electron chi connectivity index (χ2n) is 0.466. The Labute approximate surface area is 50.2 Å². The van der Waals surface area contributed by atoms with Gasteiger partial charge in [-0.15, -0.1) is 0 Å². The summed E-state index contributed by atoms with van der Waals surface area (Å²) in [7, 11) is 0. The minimum Gasteiger partial charge on any atom is -0.480 e. The Hall–Kier alpha value is -0.0426. The molecule has 0 saturated carbocycles. The minimum atomic E-state index is 0. The summed E-state index contributed by atoms with van der Waals surface area (Å²) in [5.74, 6) is 0. The summed E-state index contributed by atoms with van der Waals surface area (Å²) in [6.07, 6.45) is 6.58. The molecule has 0 radical (unpaired) electrons. The maximum atomic E-state index is 4.63. The Kier molecular flexibility index (Phi) is 13.8. The van der Waals surface area contributed by atoms with E-state index in [1.165, 1.54) is 0 Å². The third-order valence-electron chi connectivity index (χ3n) is 0.185. The largest absolute Gasteiger partial charge is 1.00 e. The fourth-order valence-electron chi connectivity index (χ4n) is 0.0589. The average Bonchev–Trinajstić information content (AvgIpc) is 1.41. The van der Waals surface area contributed by atoms with Gasteiger partial charge in [-0.05, 0) is 6.61 Å². The molecular formula is C4H5LiO. The molecule has 0 N–H and O–H groups in total. The van der Waals surface area contributed by atoms with Crippen molar-refractivity contribution < 1.29 is 23.6 Å². The summed E-state index contributed by atoms with van der Waals surface area (Å²) >= 11 is 0. The Balaban J connectivity index is 0. The minimum absolute atomic E-state index is 0. The van der Waals surface area contributed by atoms with Crippen molar-refractivity contribution in [3.8, 4) is 12.5 Å². The van der Waals surface area contributed by atoms with E-state index < -0.39 is 0 Å². The fraction of sp³-hybridized carbons (Fsp3) is 0.250. The summed E-state index contributed by atoms with van der Waals surface area (Å²) in [6, 6.07) is 0. The molecule has 0 rings (SSSR count). The molecule has 0 aromatic rings. The van der Waals surface area contributed by atoms with E-state index in [4.69, 9.17) is 0 Å². The molecule has 0 aliphatic carbocycles. The van der Waals surface area contributed by atoms with E-state index in [0.717, 1.165) is 0 Å². The van der Waals surface area contributed by atoms with Crippen LogP contribution in [-0.2, 0) is 4.74 Å². The normalized spacial score (nSPS) is 4.67. The standard InChI is InChI=1S/C4H5O.Li/c1-3-5-4-2;/h1H,2,4H2;/q-1;+1. The predicted octanol–water partition coefficient (Wildman–Crippen LogP) is -2.57. The smallest absolute Gasteiger partial charge is 0.480 e. The van der Waals surface area contributed by atoms with Crippen LogP contribution in [0.4, 0.5) is 0 Å². The van der Waals surface area contributed by atoms with Crippen LogP contribution in [0.25, 0.3) is 0 Å². The molecule has 0 aliphatic heterocycles. The first-order chi connectivity index (χ1) is 2.41. The zero-order valence-corrected chi connectivity index (χ0v) is 3.90. The molecule has 0 atom stereocenters. The number of ether oxygens (including phenoxy) is 1. The third-order valence-corrected chi connectivity index (χ3v) is 0.185. The predicted molar refractivity (Wildman–Crippen MR) is 20.1 cm³/mol. The summed E-state index contributed by atoms with van der Waals surface area (Å²) in [5, 5.41) is 0. The Morgan fingerprint density at radius 2 is 2.33 bits per heavy atom. The zero-order chi connectivity index (χ0) is 4.12. The van der Waals surface area contributed by atoms with Crippen molar-refractivity contribution in [3.63, 3.8) is 0 Å². The molecule has 0 aliphatic rings. The van der Waals surface area contributed by atoms with E-state index in [9.17, 15) is 0 Å². The molecule has 1 nitrogen and oxygen atoms in total. The number of rotatable bonds is 1. The van der Waals surface area contributed by atoms with Gasteiger partial charge in [0, 0.05) is 0 Å². The van der Waals surface area contributed by atoms with Crippen LogP contribution in [0, 0.1) is 19.5 Å². The van der Waals surface area contributed by atoms with Crippen LogP contribution in [0.3, 0.4) is 0 Å². The molecule has 0 saturated heterocycles. The summed E-state index contributed by atoms with van der Waals surface area (Å²) < 4.78 is 4.25. The first-order valence-electron chi connectivity index (χ1n) is 1.28. The van der Waals surface area contributed by atoms with Crippen molar-refractivity contribution in [2.24, 2.45) is 0 Å². The third kappa shape index (κ3) is 9.03. The van der Waals surface area contributed by atoms with E-state index in [0.29, 0.717) is 6.61 Å². The van der Waals surface area contributed by atoms with Gasteiger partial charge in [-0.2, -0.15) is 0 Å². The van der Waals surface area contributed by atoms with Gasteiger partial charge in [-0.3, -0.25) is 0 Å². The molecule has 0 aromatic heterocycles. The number of hydrogen-bond donors (Lipinski definition) is 0. The second-order valence-corrected chi connectivity index (χ2v) is 0.466. The first kappa shape index (κ1) is 9.35. The molecular weight excluding hydrogens is 71.0 g/mol. The second kappa shape index (κ2) is 8.88. The molecule has 2 heteroatoms. The monoisotopic (exact) mass is 76.1 g/mol. The number of hydrogen-bond acceptors (Lipinski definition) is 1. The fourth-order valence-corrected chi connectivity index (χ4v) is 0.0589. The van der Waals surface area contributed by atoms with Crippen LogP contribution < -0.4 is 18.9 Å². The summed E-state index contributed by atoms with van der Waals surface area (Å²) in [5.41, 5.74) is 0. The van der Waals surface area contributed by atoms with Crippen LogP contribution in [0.2, 0.25) is 0 Å². The van der Waals surface area contributed by atoms with Crippen LogP contribution in [0.15, 0.2) is 0 Å². The van der Waals surface area contributed by atoms with Crippen molar-refractivity contribution in [3.05, 3.63) is 6.92 Å². The Morgan fingerprint density at radius 3 is 2.33 bits per heavy atom. The van der Waals surface area contributed by atoms with E-state index in [-0.39, 0.29) is 18.9 Å². The number of terminal acetylenes is 1. The molecule has 0 heterocycles. The van der Waals surface area contributed by atoms with Gasteiger partial charge in [0.2, 0.25) is 0 Å². The quantitative estimate of drug-likeness (QED) is 0.189. The van der Waals surface area contributed by atoms with Gasteiger partial charge < -0.3 is 11.7 Å². The van der Waals surface area contributed by atoms with Gasteiger partial charge in [0.25, 0.3) is 0 Å². The summed E-state index contributed by atoms with van der Waals surface area (Å²) in [6.45, 7) is 3.67. The first-order valence-corrected chi connectivity index (χ1v) is 1.28. The van der Waals surface area contributed by atoms with Gasteiger partial charge in [-0.25, -0.2) is 0 Å². The van der Waals surface area contributed by atoms with Crippen LogP contribution in [0.5, 0.6) is 0 Å². The molecule has 0 aromatic carbocycles. The molecule has 0 unspecified atom stereocenters. The van der Waals surface area contributed by atoms with E-state index in [1.807, 2.05) is 6.11 Å². The van der Waals surface area contributed by atoms with E-state index in [2.05, 4.69) is 18.1 Å². The van der Waals surface area contributed by atoms with Gasteiger partial charge in [0.1, 0.15) is 6.11 Å². The van der Waals surface area contributed by atoms with Crippen molar-refractivity contribution in [1.29, 1.82) is 0 Å². The van der Waals surface area contributed by atoms with Crippen molar-refractivity contribution in [2.75, 3.05) is 6.61 Å². The molecule has 0 amide bonds. The molecule has 28 valence electrons. The van der Waals surface area contributed by atoms with Crippen LogP contribution in [-0.4, -0.2) is 6.61 Å². The molecule has 0 bridgehead atoms. The summed E-state index contributed by atoms with van der Waals surface area (Å²) in [4.78, 5) is 0. The van der Waals surface area contributed by atoms with E-state index >= 15 is 0 Å². The van der Waals surface area contributed by atoms with E-state index in [1.54, 1.807) is 0 Å². The zero-order valence-electron chi connectivity index (χ0n) is 3.90. The maximum Gasteiger partial charge on any atom is 1.00 e. The topological polar surface area (TPSA) is 9.23 Å². The molecule has 0 fully saturated rings. The van der Waals surface area contributed by atoms with Gasteiger partial charge in [0.15, 0.2) is 0 Å². The van der Waals surface area contributed by atoms with Gasteiger partial charge in [-0.1, -0.05) is 6.42 Å². The Bertz CT molecular complexity index is 46.0. The average molecular weight is 76.0 g/mol. The Morgan fingerprint density at radius 1 is 1.83 bits per heavy atom. The van der Waals surface area contributed by atoms with Crippen molar-refractivity contribution in [1.82, 2.24) is 0 Å².